The van der Waals surface area contributed by atoms with E-state index < -0.39 is 17.9 Å². The summed E-state index contributed by atoms with van der Waals surface area (Å²) in [5, 5.41) is 15.0. The molecule has 228 valence electrons. The second-order valence-electron chi connectivity index (χ2n) is 10.4. The number of anilines is 3. The predicted molar refractivity (Wildman–Crippen MR) is 168 cm³/mol. The molecule has 0 heterocycles. The van der Waals surface area contributed by atoms with Crippen LogP contribution in [-0.4, -0.2) is 55.7 Å². The van der Waals surface area contributed by atoms with Crippen LogP contribution in [0.1, 0.15) is 38.7 Å². The summed E-state index contributed by atoms with van der Waals surface area (Å²) >= 11 is 6.06. The molecule has 0 bridgehead atoms. The topological polar surface area (TPSA) is 128 Å². The average molecular weight is 609 g/mol. The van der Waals surface area contributed by atoms with Gasteiger partial charge in [0.2, 0.25) is 5.91 Å². The molecule has 0 aromatic heterocycles. The smallest absolute Gasteiger partial charge is 0.319 e. The van der Waals surface area contributed by atoms with Crippen molar-refractivity contribution in [3.63, 3.8) is 0 Å². The number of aliphatic carboxylic acids is 1. The van der Waals surface area contributed by atoms with Gasteiger partial charge in [0.15, 0.2) is 6.61 Å². The predicted octanol–water partition coefficient (Wildman–Crippen LogP) is 5.77. The van der Waals surface area contributed by atoms with E-state index >= 15 is 0 Å². The standard InChI is InChI=1S/C32H37ClN4O6/c1-21(2)15-16-37(29(38)19-34-32(42)35-25-11-7-9-23(17-25)22(3)31(40)41)27-13-5-6-14-28(27)43-20-30(39)36(4)26-12-8-10-24(33)18-26/h5-14,17-18,21-22H,15-16,19-20H2,1-4H3,(H,40,41)(H2,34,35,42). The van der Waals surface area contributed by atoms with Gasteiger partial charge in [-0.05, 0) is 67.3 Å². The molecular weight excluding hydrogens is 572 g/mol. The zero-order valence-corrected chi connectivity index (χ0v) is 25.4. The number of carboxylic acids is 1. The van der Waals surface area contributed by atoms with E-state index in [4.69, 9.17) is 16.3 Å². The number of ether oxygens (including phenoxy) is 1. The highest BCUT2D eigenvalue weighted by atomic mass is 35.5. The third kappa shape index (κ3) is 9.75. The molecule has 0 radical (unpaired) electrons. The van der Waals surface area contributed by atoms with Crippen molar-refractivity contribution in [2.24, 2.45) is 5.92 Å². The minimum absolute atomic E-state index is 0.271. The lowest BCUT2D eigenvalue weighted by atomic mass is 10.0. The molecule has 0 saturated heterocycles. The van der Waals surface area contributed by atoms with Crippen LogP contribution in [0.5, 0.6) is 5.75 Å². The fraction of sp³-hybridized carbons (Fsp3) is 0.312. The summed E-state index contributed by atoms with van der Waals surface area (Å²) in [5.41, 5.74) is 2.04. The Bertz CT molecular complexity index is 1450. The van der Waals surface area contributed by atoms with E-state index in [-0.39, 0.29) is 25.0 Å². The number of halogens is 1. The summed E-state index contributed by atoms with van der Waals surface area (Å²) in [5.74, 6) is -1.75. The molecule has 3 rings (SSSR count). The van der Waals surface area contributed by atoms with Gasteiger partial charge in [0, 0.05) is 30.0 Å². The molecule has 3 N–H and O–H groups in total. The van der Waals surface area contributed by atoms with E-state index in [2.05, 4.69) is 10.6 Å². The van der Waals surface area contributed by atoms with Crippen molar-refractivity contribution in [3.8, 4) is 5.75 Å². The third-order valence-corrected chi connectivity index (χ3v) is 6.96. The van der Waals surface area contributed by atoms with Crippen LogP contribution >= 0.6 is 11.6 Å². The number of carboxylic acid groups (broad SMARTS) is 1. The quantitative estimate of drug-likeness (QED) is 0.226. The van der Waals surface area contributed by atoms with Gasteiger partial charge in [-0.1, -0.05) is 55.8 Å². The second-order valence-corrected chi connectivity index (χ2v) is 10.8. The Balaban J connectivity index is 1.69. The first-order valence-electron chi connectivity index (χ1n) is 13.9. The zero-order valence-electron chi connectivity index (χ0n) is 24.7. The van der Waals surface area contributed by atoms with Crippen molar-refractivity contribution < 1.29 is 29.0 Å². The number of nitrogens with one attached hydrogen (secondary N) is 2. The lowest BCUT2D eigenvalue weighted by Gasteiger charge is -2.26. The van der Waals surface area contributed by atoms with Crippen LogP contribution in [0, 0.1) is 5.92 Å². The summed E-state index contributed by atoms with van der Waals surface area (Å²) in [6, 6.07) is 19.8. The summed E-state index contributed by atoms with van der Waals surface area (Å²) in [6.07, 6.45) is 0.692. The van der Waals surface area contributed by atoms with Crippen LogP contribution in [0.2, 0.25) is 5.02 Å². The van der Waals surface area contributed by atoms with E-state index in [1.54, 1.807) is 86.8 Å². The van der Waals surface area contributed by atoms with E-state index in [0.29, 0.717) is 52.3 Å². The maximum atomic E-state index is 13.4. The Morgan fingerprint density at radius 3 is 2.35 bits per heavy atom. The highest BCUT2D eigenvalue weighted by molar-refractivity contribution is 6.30. The lowest BCUT2D eigenvalue weighted by molar-refractivity contribution is -0.138. The Kier molecular flexibility index (Phi) is 11.9. The van der Waals surface area contributed by atoms with Gasteiger partial charge >= 0.3 is 12.0 Å². The molecule has 11 heteroatoms. The molecule has 10 nitrogen and oxygen atoms in total. The number of carbonyl (C=O) groups is 4. The first-order chi connectivity index (χ1) is 20.5. The van der Waals surface area contributed by atoms with Gasteiger partial charge in [-0.2, -0.15) is 0 Å². The summed E-state index contributed by atoms with van der Waals surface area (Å²) in [7, 11) is 1.63. The van der Waals surface area contributed by atoms with Gasteiger partial charge in [0.1, 0.15) is 5.75 Å². The Morgan fingerprint density at radius 1 is 0.930 bits per heavy atom. The number of urea groups is 1. The Hall–Kier alpha value is -4.57. The number of carbonyl (C=O) groups excluding carboxylic acids is 3. The largest absolute Gasteiger partial charge is 0.482 e. The van der Waals surface area contributed by atoms with Crippen molar-refractivity contribution in [2.45, 2.75) is 33.1 Å². The van der Waals surface area contributed by atoms with Gasteiger partial charge in [0.05, 0.1) is 18.2 Å². The Labute approximate surface area is 256 Å². The van der Waals surface area contributed by atoms with Crippen LogP contribution in [0.4, 0.5) is 21.9 Å². The monoisotopic (exact) mass is 608 g/mol. The van der Waals surface area contributed by atoms with E-state index in [1.165, 1.54) is 9.80 Å². The van der Waals surface area contributed by atoms with Crippen molar-refractivity contribution in [2.75, 3.05) is 41.9 Å². The first kappa shape index (κ1) is 32.9. The molecule has 0 saturated carbocycles. The van der Waals surface area contributed by atoms with E-state index in [9.17, 15) is 24.3 Å². The minimum Gasteiger partial charge on any atom is -0.482 e. The molecule has 0 aliphatic heterocycles. The lowest BCUT2D eigenvalue weighted by Crippen LogP contribution is -2.42. The molecule has 1 atom stereocenters. The van der Waals surface area contributed by atoms with Gasteiger partial charge < -0.3 is 30.3 Å². The number of nitrogens with zero attached hydrogens (tertiary/aromatic N) is 2. The van der Waals surface area contributed by atoms with Gasteiger partial charge in [-0.25, -0.2) is 4.79 Å². The van der Waals surface area contributed by atoms with Gasteiger partial charge in [-0.15, -0.1) is 0 Å². The second kappa shape index (κ2) is 15.6. The fourth-order valence-corrected chi connectivity index (χ4v) is 4.27. The number of hydrogen-bond acceptors (Lipinski definition) is 5. The molecule has 4 amide bonds. The van der Waals surface area contributed by atoms with Crippen LogP contribution in [0.25, 0.3) is 0 Å². The molecule has 3 aromatic carbocycles. The number of benzene rings is 3. The average Bonchev–Trinajstić information content (AvgIpc) is 2.98. The van der Waals surface area contributed by atoms with Gasteiger partial charge in [0.25, 0.3) is 5.91 Å². The molecule has 0 aliphatic carbocycles. The Morgan fingerprint density at radius 2 is 1.65 bits per heavy atom. The van der Waals surface area contributed by atoms with Gasteiger partial charge in [-0.3, -0.25) is 14.4 Å². The molecule has 43 heavy (non-hydrogen) atoms. The molecule has 3 aromatic rings. The number of likely N-dealkylation sites (N-methyl/N-ethyl adjacent to an activating group) is 1. The number of para-hydroxylation sites is 2. The molecule has 0 fully saturated rings. The molecule has 0 spiro atoms. The minimum atomic E-state index is -0.976. The maximum absolute atomic E-state index is 13.4. The first-order valence-corrected chi connectivity index (χ1v) is 14.3. The van der Waals surface area contributed by atoms with Crippen LogP contribution < -0.4 is 25.2 Å². The van der Waals surface area contributed by atoms with Crippen molar-refractivity contribution in [1.82, 2.24) is 5.32 Å². The van der Waals surface area contributed by atoms with Crippen molar-refractivity contribution in [3.05, 3.63) is 83.4 Å². The highest BCUT2D eigenvalue weighted by Crippen LogP contribution is 2.29. The summed E-state index contributed by atoms with van der Waals surface area (Å²) < 4.78 is 5.90. The summed E-state index contributed by atoms with van der Waals surface area (Å²) in [6.45, 7) is 5.43. The zero-order chi connectivity index (χ0) is 31.5. The summed E-state index contributed by atoms with van der Waals surface area (Å²) in [4.78, 5) is 53.2. The number of rotatable bonds is 13. The maximum Gasteiger partial charge on any atom is 0.319 e. The van der Waals surface area contributed by atoms with E-state index in [0.717, 1.165) is 0 Å². The van der Waals surface area contributed by atoms with Crippen LogP contribution in [-0.2, 0) is 14.4 Å². The number of hydrogen-bond donors (Lipinski definition) is 3. The third-order valence-electron chi connectivity index (χ3n) is 6.72. The van der Waals surface area contributed by atoms with Crippen LogP contribution in [0.3, 0.4) is 0 Å². The number of amides is 4. The molecular formula is C32H37ClN4O6. The fourth-order valence-electron chi connectivity index (χ4n) is 4.09. The van der Waals surface area contributed by atoms with E-state index in [1.807, 2.05) is 13.8 Å². The molecule has 0 aliphatic rings. The highest BCUT2D eigenvalue weighted by Gasteiger charge is 2.22. The van der Waals surface area contributed by atoms with Crippen LogP contribution in [0.15, 0.2) is 72.8 Å². The van der Waals surface area contributed by atoms with Crippen molar-refractivity contribution >= 4 is 52.5 Å². The van der Waals surface area contributed by atoms with Crippen molar-refractivity contribution in [1.29, 1.82) is 0 Å². The molecule has 1 unspecified atom stereocenters. The SMILES string of the molecule is CC(C)CCN(C(=O)CNC(=O)Nc1cccc(C(C)C(=O)O)c1)c1ccccc1OCC(=O)N(C)c1cccc(Cl)c1. The normalized spacial score (nSPS) is 11.4.